The topological polar surface area (TPSA) is 49.3 Å². The number of nitrogens with one attached hydrogen (secondary N) is 1. The fourth-order valence-electron chi connectivity index (χ4n) is 3.52. The highest BCUT2D eigenvalue weighted by Crippen LogP contribution is 2.12. The van der Waals surface area contributed by atoms with Crippen molar-refractivity contribution in [2.45, 2.75) is 19.8 Å². The third-order valence-electron chi connectivity index (χ3n) is 5.18. The van der Waals surface area contributed by atoms with Crippen LogP contribution in [0.4, 0.5) is 0 Å². The van der Waals surface area contributed by atoms with Crippen LogP contribution in [-0.2, 0) is 4.74 Å². The molecule has 1 aromatic carbocycles. The molecule has 0 unspecified atom stereocenters. The van der Waals surface area contributed by atoms with Crippen molar-refractivity contribution in [1.82, 2.24) is 15.1 Å². The van der Waals surface area contributed by atoms with Crippen LogP contribution in [0.2, 0.25) is 0 Å². The van der Waals surface area contributed by atoms with Crippen LogP contribution in [0.1, 0.15) is 19.8 Å². The summed E-state index contributed by atoms with van der Waals surface area (Å²) >= 11 is 0. The maximum Gasteiger partial charge on any atom is 0.194 e. The van der Waals surface area contributed by atoms with Gasteiger partial charge in [0.05, 0.1) is 13.2 Å². The van der Waals surface area contributed by atoms with E-state index in [1.165, 1.54) is 5.57 Å². The summed E-state index contributed by atoms with van der Waals surface area (Å²) in [6.45, 7) is 11.3. The van der Waals surface area contributed by atoms with Crippen molar-refractivity contribution in [3.05, 3.63) is 42.0 Å². The molecule has 0 amide bonds. The van der Waals surface area contributed by atoms with Gasteiger partial charge in [-0.25, -0.2) is 0 Å². The molecule has 0 radical (unpaired) electrons. The van der Waals surface area contributed by atoms with E-state index in [4.69, 9.17) is 14.5 Å². The molecule has 2 aliphatic rings. The van der Waals surface area contributed by atoms with Gasteiger partial charge in [0.1, 0.15) is 12.4 Å². The Balaban J connectivity index is 0.00000300. The first-order valence-corrected chi connectivity index (χ1v) is 10.5. The lowest BCUT2D eigenvalue weighted by atomic mass is 10.1. The number of halogens is 1. The quantitative estimate of drug-likeness (QED) is 0.250. The number of hydrogen-bond donors (Lipinski definition) is 1. The zero-order valence-electron chi connectivity index (χ0n) is 17.5. The predicted octanol–water partition coefficient (Wildman–Crippen LogP) is 3.00. The molecule has 2 heterocycles. The van der Waals surface area contributed by atoms with Gasteiger partial charge in [-0.05, 0) is 31.9 Å². The third-order valence-corrected chi connectivity index (χ3v) is 5.18. The third kappa shape index (κ3) is 8.52. The summed E-state index contributed by atoms with van der Waals surface area (Å²) in [5.74, 6) is 2.00. The Labute approximate surface area is 192 Å². The molecule has 0 spiro atoms. The molecule has 29 heavy (non-hydrogen) atoms. The Bertz CT molecular complexity index is 631. The number of ether oxygens (including phenoxy) is 2. The Morgan fingerprint density at radius 1 is 1.17 bits per heavy atom. The van der Waals surface area contributed by atoms with E-state index in [0.29, 0.717) is 0 Å². The molecule has 1 aromatic rings. The second-order valence-corrected chi connectivity index (χ2v) is 7.16. The fourth-order valence-corrected chi connectivity index (χ4v) is 3.52. The van der Waals surface area contributed by atoms with Gasteiger partial charge < -0.3 is 19.7 Å². The van der Waals surface area contributed by atoms with Gasteiger partial charge in [-0.3, -0.25) is 9.89 Å². The van der Waals surface area contributed by atoms with E-state index in [-0.39, 0.29) is 24.0 Å². The van der Waals surface area contributed by atoms with Crippen LogP contribution in [-0.4, -0.2) is 81.4 Å². The fraction of sp³-hybridized carbons (Fsp3) is 0.591. The van der Waals surface area contributed by atoms with Crippen molar-refractivity contribution in [3.8, 4) is 5.75 Å². The van der Waals surface area contributed by atoms with Crippen molar-refractivity contribution in [2.75, 3.05) is 65.6 Å². The average Bonchev–Trinajstić information content (AvgIpc) is 2.75. The van der Waals surface area contributed by atoms with Gasteiger partial charge in [0.15, 0.2) is 5.96 Å². The molecule has 0 aliphatic carbocycles. The van der Waals surface area contributed by atoms with Gasteiger partial charge in [-0.2, -0.15) is 0 Å². The largest absolute Gasteiger partial charge is 0.492 e. The summed E-state index contributed by atoms with van der Waals surface area (Å²) in [7, 11) is 0. The van der Waals surface area contributed by atoms with Crippen LogP contribution >= 0.6 is 24.0 Å². The number of para-hydroxylation sites is 1. The molecule has 0 bridgehead atoms. The summed E-state index contributed by atoms with van der Waals surface area (Å²) in [4.78, 5) is 9.72. The molecule has 0 saturated carbocycles. The molecule has 0 aromatic heterocycles. The maximum absolute atomic E-state index is 5.83. The van der Waals surface area contributed by atoms with Crippen LogP contribution < -0.4 is 10.1 Å². The van der Waals surface area contributed by atoms with E-state index in [2.05, 4.69) is 28.1 Å². The molecule has 1 N–H and O–H groups in total. The smallest absolute Gasteiger partial charge is 0.194 e. The Hall–Kier alpha value is -1.32. The van der Waals surface area contributed by atoms with Crippen molar-refractivity contribution in [3.63, 3.8) is 0 Å². The number of aliphatic imine (C=N–C) groups is 1. The molecule has 1 fully saturated rings. The van der Waals surface area contributed by atoms with Crippen molar-refractivity contribution >= 4 is 29.9 Å². The van der Waals surface area contributed by atoms with E-state index in [9.17, 15) is 0 Å². The zero-order valence-corrected chi connectivity index (χ0v) is 19.8. The SMILES string of the molecule is CCNC(=NCCC1=CCOCC1)N1CCN(CCOc2ccccc2)CC1.I. The summed E-state index contributed by atoms with van der Waals surface area (Å²) in [6.07, 6.45) is 4.30. The zero-order chi connectivity index (χ0) is 19.4. The Morgan fingerprint density at radius 3 is 2.66 bits per heavy atom. The average molecular weight is 514 g/mol. The van der Waals surface area contributed by atoms with Crippen LogP contribution in [0.3, 0.4) is 0 Å². The first kappa shape index (κ1) is 24.0. The second-order valence-electron chi connectivity index (χ2n) is 7.16. The number of guanidine groups is 1. The summed E-state index contributed by atoms with van der Waals surface area (Å²) in [5.41, 5.74) is 1.48. The van der Waals surface area contributed by atoms with Crippen molar-refractivity contribution < 1.29 is 9.47 Å². The standard InChI is InChI=1S/C22H34N4O2.HI/c1-2-23-22(24-11-8-20-9-17-27-18-10-20)26-14-12-25(13-15-26)16-19-28-21-6-4-3-5-7-21;/h3-7,9H,2,8,10-19H2,1H3,(H,23,24);1H. The number of hydrogen-bond acceptors (Lipinski definition) is 4. The minimum atomic E-state index is 0. The maximum atomic E-state index is 5.83. The van der Waals surface area contributed by atoms with Gasteiger partial charge >= 0.3 is 0 Å². The lowest BCUT2D eigenvalue weighted by molar-refractivity contribution is 0.152. The Kier molecular flexibility index (Phi) is 11.4. The summed E-state index contributed by atoms with van der Waals surface area (Å²) in [6, 6.07) is 10.0. The number of rotatable bonds is 8. The molecule has 1 saturated heterocycles. The highest BCUT2D eigenvalue weighted by Gasteiger charge is 2.19. The van der Waals surface area contributed by atoms with Gasteiger partial charge in [-0.15, -0.1) is 24.0 Å². The second kappa shape index (κ2) is 13.8. The first-order valence-electron chi connectivity index (χ1n) is 10.5. The van der Waals surface area contributed by atoms with Crippen LogP contribution in [0.25, 0.3) is 0 Å². The molecule has 3 rings (SSSR count). The molecule has 7 heteroatoms. The van der Waals surface area contributed by atoms with Crippen molar-refractivity contribution in [2.24, 2.45) is 4.99 Å². The highest BCUT2D eigenvalue weighted by molar-refractivity contribution is 14.0. The van der Waals surface area contributed by atoms with Crippen LogP contribution in [0.5, 0.6) is 5.75 Å². The summed E-state index contributed by atoms with van der Waals surface area (Å²) < 4.78 is 11.2. The number of piperazine rings is 1. The minimum absolute atomic E-state index is 0. The van der Waals surface area contributed by atoms with Gasteiger partial charge in [0, 0.05) is 45.8 Å². The van der Waals surface area contributed by atoms with E-state index >= 15 is 0 Å². The van der Waals surface area contributed by atoms with Crippen molar-refractivity contribution in [1.29, 1.82) is 0 Å². The van der Waals surface area contributed by atoms with E-state index < -0.39 is 0 Å². The Morgan fingerprint density at radius 2 is 1.97 bits per heavy atom. The van der Waals surface area contributed by atoms with Gasteiger partial charge in [-0.1, -0.05) is 29.8 Å². The lowest BCUT2D eigenvalue weighted by Crippen LogP contribution is -2.53. The van der Waals surface area contributed by atoms with E-state index in [0.717, 1.165) is 90.2 Å². The molecule has 0 atom stereocenters. The lowest BCUT2D eigenvalue weighted by Gasteiger charge is -2.36. The molecule has 162 valence electrons. The predicted molar refractivity (Wildman–Crippen MR) is 129 cm³/mol. The van der Waals surface area contributed by atoms with Crippen LogP contribution in [0.15, 0.2) is 47.0 Å². The van der Waals surface area contributed by atoms with Gasteiger partial charge in [0.25, 0.3) is 0 Å². The van der Waals surface area contributed by atoms with Crippen LogP contribution in [0, 0.1) is 0 Å². The minimum Gasteiger partial charge on any atom is -0.492 e. The molecular formula is C22H35IN4O2. The number of nitrogens with zero attached hydrogens (tertiary/aromatic N) is 3. The highest BCUT2D eigenvalue weighted by atomic mass is 127. The first-order chi connectivity index (χ1) is 13.8. The van der Waals surface area contributed by atoms with E-state index in [1.807, 2.05) is 30.3 Å². The van der Waals surface area contributed by atoms with Gasteiger partial charge in [0.2, 0.25) is 0 Å². The number of benzene rings is 1. The monoisotopic (exact) mass is 514 g/mol. The normalized spacial score (nSPS) is 18.0. The molecular weight excluding hydrogens is 479 g/mol. The molecule has 2 aliphatic heterocycles. The van der Waals surface area contributed by atoms with E-state index in [1.54, 1.807) is 0 Å². The summed E-state index contributed by atoms with van der Waals surface area (Å²) in [5, 5.41) is 3.46. The molecule has 6 nitrogen and oxygen atoms in total.